The Bertz CT molecular complexity index is 1370. The number of ether oxygens (including phenoxy) is 1. The van der Waals surface area contributed by atoms with E-state index in [1.54, 1.807) is 24.4 Å². The summed E-state index contributed by atoms with van der Waals surface area (Å²) >= 11 is 0. The first-order valence-corrected chi connectivity index (χ1v) is 10.7. The van der Waals surface area contributed by atoms with Gasteiger partial charge in [-0.1, -0.05) is 17.3 Å². The van der Waals surface area contributed by atoms with E-state index in [1.165, 1.54) is 60.5 Å². The standard InChI is InChI=1S/C25H20FN5O5/c1-36-23(15-2-7-18(26)8-3-15)22(14-32)28-24(33)20-11-6-17(12-27-20)21-13-31(30-29-21)19-9-4-16(5-10-19)25(34)35/h2-14,22-23H,1H3,(H,28,33)(H,34,35)/t22?,23-/m1/s1. The summed E-state index contributed by atoms with van der Waals surface area (Å²) in [4.78, 5) is 39.6. The molecule has 0 aliphatic carbocycles. The highest BCUT2D eigenvalue weighted by Gasteiger charge is 2.25. The van der Waals surface area contributed by atoms with Crippen LogP contribution in [0.4, 0.5) is 4.39 Å². The molecule has 0 aliphatic heterocycles. The van der Waals surface area contributed by atoms with Gasteiger partial charge in [-0.05, 0) is 54.1 Å². The summed E-state index contributed by atoms with van der Waals surface area (Å²) in [5, 5.41) is 19.7. The maximum absolute atomic E-state index is 13.2. The largest absolute Gasteiger partial charge is 0.478 e. The zero-order valence-corrected chi connectivity index (χ0v) is 18.9. The molecule has 36 heavy (non-hydrogen) atoms. The molecular formula is C25H20FN5O5. The van der Waals surface area contributed by atoms with Crippen LogP contribution in [-0.2, 0) is 9.53 Å². The van der Waals surface area contributed by atoms with Crippen LogP contribution in [-0.4, -0.2) is 56.4 Å². The number of rotatable bonds is 9. The average molecular weight is 489 g/mol. The molecular weight excluding hydrogens is 469 g/mol. The van der Waals surface area contributed by atoms with E-state index in [0.717, 1.165) is 0 Å². The van der Waals surface area contributed by atoms with Crippen molar-refractivity contribution in [3.05, 3.63) is 95.7 Å². The van der Waals surface area contributed by atoms with Crippen LogP contribution in [0.15, 0.2) is 73.1 Å². The fraction of sp³-hybridized carbons (Fsp3) is 0.120. The molecule has 2 aromatic heterocycles. The molecule has 11 heteroatoms. The van der Waals surface area contributed by atoms with Gasteiger partial charge in [0.25, 0.3) is 5.91 Å². The van der Waals surface area contributed by atoms with Crippen LogP contribution in [0.5, 0.6) is 0 Å². The predicted molar refractivity (Wildman–Crippen MR) is 125 cm³/mol. The number of nitrogens with one attached hydrogen (secondary N) is 1. The highest BCUT2D eigenvalue weighted by molar-refractivity contribution is 5.94. The Hall–Kier alpha value is -4.77. The van der Waals surface area contributed by atoms with Crippen LogP contribution < -0.4 is 5.32 Å². The van der Waals surface area contributed by atoms with Crippen LogP contribution in [0.1, 0.15) is 32.5 Å². The highest BCUT2D eigenvalue weighted by atomic mass is 19.1. The third-order valence-electron chi connectivity index (χ3n) is 5.39. The number of aromatic nitrogens is 4. The third-order valence-corrected chi connectivity index (χ3v) is 5.39. The number of nitrogens with zero attached hydrogens (tertiary/aromatic N) is 4. The number of carbonyl (C=O) groups excluding carboxylic acids is 2. The van der Waals surface area contributed by atoms with Crippen molar-refractivity contribution in [2.75, 3.05) is 7.11 Å². The lowest BCUT2D eigenvalue weighted by atomic mass is 10.0. The van der Waals surface area contributed by atoms with Crippen LogP contribution in [0.2, 0.25) is 0 Å². The van der Waals surface area contributed by atoms with Gasteiger partial charge in [-0.3, -0.25) is 9.78 Å². The molecule has 0 aliphatic rings. The molecule has 2 N–H and O–H groups in total. The van der Waals surface area contributed by atoms with Crippen molar-refractivity contribution in [2.45, 2.75) is 12.1 Å². The van der Waals surface area contributed by atoms with E-state index in [4.69, 9.17) is 9.84 Å². The molecule has 4 rings (SSSR count). The summed E-state index contributed by atoms with van der Waals surface area (Å²) in [5.74, 6) is -2.05. The lowest BCUT2D eigenvalue weighted by Gasteiger charge is -2.23. The summed E-state index contributed by atoms with van der Waals surface area (Å²) in [5.41, 5.74) is 2.45. The van der Waals surface area contributed by atoms with Crippen LogP contribution in [0.25, 0.3) is 16.9 Å². The van der Waals surface area contributed by atoms with E-state index in [-0.39, 0.29) is 11.3 Å². The molecule has 4 aromatic rings. The molecule has 1 unspecified atom stereocenters. The molecule has 2 atom stereocenters. The van der Waals surface area contributed by atoms with E-state index in [0.29, 0.717) is 28.8 Å². The molecule has 0 saturated carbocycles. The highest BCUT2D eigenvalue weighted by Crippen LogP contribution is 2.21. The van der Waals surface area contributed by atoms with Crippen molar-refractivity contribution in [1.29, 1.82) is 0 Å². The third kappa shape index (κ3) is 5.31. The van der Waals surface area contributed by atoms with Gasteiger partial charge in [0.2, 0.25) is 0 Å². The van der Waals surface area contributed by atoms with Crippen LogP contribution in [0, 0.1) is 5.82 Å². The minimum absolute atomic E-state index is 0.0659. The smallest absolute Gasteiger partial charge is 0.335 e. The first-order valence-electron chi connectivity index (χ1n) is 10.7. The van der Waals surface area contributed by atoms with Crippen molar-refractivity contribution in [1.82, 2.24) is 25.3 Å². The number of aromatic carboxylic acids is 1. The molecule has 2 heterocycles. The molecule has 10 nitrogen and oxygen atoms in total. The van der Waals surface area contributed by atoms with Gasteiger partial charge >= 0.3 is 5.97 Å². The molecule has 0 radical (unpaired) electrons. The second kappa shape index (κ2) is 10.7. The fourth-order valence-electron chi connectivity index (χ4n) is 3.51. The summed E-state index contributed by atoms with van der Waals surface area (Å²) < 4.78 is 20.1. The first kappa shape index (κ1) is 24.4. The minimum atomic E-state index is -1.03. The molecule has 2 aromatic carbocycles. The van der Waals surface area contributed by atoms with Crippen LogP contribution >= 0.6 is 0 Å². The number of pyridine rings is 1. The number of carbonyl (C=O) groups is 3. The summed E-state index contributed by atoms with van der Waals surface area (Å²) in [7, 11) is 1.39. The molecule has 0 saturated heterocycles. The van der Waals surface area contributed by atoms with Crippen molar-refractivity contribution >= 4 is 18.2 Å². The number of methoxy groups -OCH3 is 1. The quantitative estimate of drug-likeness (QED) is 0.343. The minimum Gasteiger partial charge on any atom is -0.478 e. The van der Waals surface area contributed by atoms with Gasteiger partial charge in [-0.2, -0.15) is 0 Å². The maximum atomic E-state index is 13.2. The number of aldehydes is 1. The molecule has 0 bridgehead atoms. The Labute approximate surface area is 204 Å². The average Bonchev–Trinajstić information content (AvgIpc) is 3.40. The molecule has 0 fully saturated rings. The fourth-order valence-corrected chi connectivity index (χ4v) is 3.51. The Morgan fingerprint density at radius 1 is 1.08 bits per heavy atom. The zero-order valence-electron chi connectivity index (χ0n) is 18.9. The van der Waals surface area contributed by atoms with Crippen molar-refractivity contribution in [3.63, 3.8) is 0 Å². The van der Waals surface area contributed by atoms with E-state index in [2.05, 4.69) is 20.6 Å². The van der Waals surface area contributed by atoms with Gasteiger partial charge in [0.05, 0.1) is 17.4 Å². The van der Waals surface area contributed by atoms with Gasteiger partial charge < -0.3 is 20.0 Å². The van der Waals surface area contributed by atoms with Gasteiger partial charge in [-0.15, -0.1) is 5.10 Å². The summed E-state index contributed by atoms with van der Waals surface area (Å²) in [6.45, 7) is 0. The number of halogens is 1. The number of carboxylic acids is 1. The van der Waals surface area contributed by atoms with Crippen molar-refractivity contribution < 1.29 is 28.6 Å². The SMILES string of the molecule is CO[C@H](c1ccc(F)cc1)C(C=O)NC(=O)c1ccc(-c2cn(-c3ccc(C(=O)O)cc3)nn2)cn1. The Morgan fingerprint density at radius 3 is 2.39 bits per heavy atom. The number of carboxylic acid groups (broad SMARTS) is 1. The summed E-state index contributed by atoms with van der Waals surface area (Å²) in [6, 6.07) is 13.7. The zero-order chi connectivity index (χ0) is 25.7. The van der Waals surface area contributed by atoms with E-state index in [1.807, 2.05) is 0 Å². The first-order chi connectivity index (χ1) is 17.4. The van der Waals surface area contributed by atoms with Gasteiger partial charge in [0, 0.05) is 18.9 Å². The molecule has 1 amide bonds. The Morgan fingerprint density at radius 2 is 1.81 bits per heavy atom. The Balaban J connectivity index is 1.46. The van der Waals surface area contributed by atoms with Crippen LogP contribution in [0.3, 0.4) is 0 Å². The number of benzene rings is 2. The van der Waals surface area contributed by atoms with Gasteiger partial charge in [0.15, 0.2) is 0 Å². The lowest BCUT2D eigenvalue weighted by Crippen LogP contribution is -2.41. The topological polar surface area (TPSA) is 136 Å². The normalized spacial score (nSPS) is 12.5. The monoisotopic (exact) mass is 489 g/mol. The van der Waals surface area contributed by atoms with E-state index < -0.39 is 29.8 Å². The Kier molecular flexibility index (Phi) is 7.21. The second-order valence-electron chi connectivity index (χ2n) is 7.68. The number of hydrogen-bond acceptors (Lipinski definition) is 7. The van der Waals surface area contributed by atoms with Crippen molar-refractivity contribution in [3.8, 4) is 16.9 Å². The lowest BCUT2D eigenvalue weighted by molar-refractivity contribution is -0.112. The van der Waals surface area contributed by atoms with Gasteiger partial charge in [0.1, 0.15) is 35.6 Å². The summed E-state index contributed by atoms with van der Waals surface area (Å²) in [6.07, 6.45) is 2.82. The van der Waals surface area contributed by atoms with E-state index >= 15 is 0 Å². The second-order valence-corrected chi connectivity index (χ2v) is 7.68. The van der Waals surface area contributed by atoms with E-state index in [9.17, 15) is 18.8 Å². The van der Waals surface area contributed by atoms with Crippen molar-refractivity contribution in [2.24, 2.45) is 0 Å². The van der Waals surface area contributed by atoms with Gasteiger partial charge in [-0.25, -0.2) is 13.9 Å². The maximum Gasteiger partial charge on any atom is 0.335 e. The molecule has 182 valence electrons. The number of hydrogen-bond donors (Lipinski definition) is 2. The number of amides is 1. The molecule has 0 spiro atoms. The predicted octanol–water partition coefficient (Wildman–Crippen LogP) is 2.85.